The number of carbonyl (C=O) groups excluding carboxylic acids is 1. The predicted octanol–water partition coefficient (Wildman–Crippen LogP) is 5.35. The van der Waals surface area contributed by atoms with Gasteiger partial charge in [0.1, 0.15) is 0 Å². The van der Waals surface area contributed by atoms with Crippen molar-refractivity contribution in [2.24, 2.45) is 11.8 Å². The van der Waals surface area contributed by atoms with Crippen LogP contribution in [0.5, 0.6) is 0 Å². The highest BCUT2D eigenvalue weighted by molar-refractivity contribution is 5.90. The van der Waals surface area contributed by atoms with Crippen LogP contribution in [0.25, 0.3) is 0 Å². The van der Waals surface area contributed by atoms with Crippen LogP contribution in [0.3, 0.4) is 0 Å². The number of rotatable bonds is 7. The van der Waals surface area contributed by atoms with E-state index < -0.39 is 0 Å². The molecule has 2 fully saturated rings. The average molecular weight is 435 g/mol. The van der Waals surface area contributed by atoms with Crippen molar-refractivity contribution in [2.75, 3.05) is 42.9 Å². The Morgan fingerprint density at radius 2 is 1.62 bits per heavy atom. The molecule has 2 aromatic rings. The lowest BCUT2D eigenvalue weighted by molar-refractivity contribution is 0.208. The Bertz CT molecular complexity index is 842. The van der Waals surface area contributed by atoms with Gasteiger partial charge in [0, 0.05) is 44.1 Å². The molecular weight excluding hydrogens is 396 g/mol. The Morgan fingerprint density at radius 1 is 0.938 bits per heavy atom. The lowest BCUT2D eigenvalue weighted by Crippen LogP contribution is -2.50. The second-order valence-electron chi connectivity index (χ2n) is 9.40. The molecule has 1 saturated carbocycles. The fourth-order valence-electron chi connectivity index (χ4n) is 5.10. The smallest absolute Gasteiger partial charge is 0.321 e. The molecule has 2 N–H and O–H groups in total. The van der Waals surface area contributed by atoms with Crippen molar-refractivity contribution in [1.29, 1.82) is 0 Å². The molecule has 32 heavy (non-hydrogen) atoms. The van der Waals surface area contributed by atoms with Gasteiger partial charge in [-0.05, 0) is 42.1 Å². The summed E-state index contributed by atoms with van der Waals surface area (Å²) in [6.45, 7) is 7.40. The van der Waals surface area contributed by atoms with E-state index in [-0.39, 0.29) is 6.03 Å². The third-order valence-electron chi connectivity index (χ3n) is 7.18. The van der Waals surface area contributed by atoms with E-state index in [1.54, 1.807) is 0 Å². The molecule has 0 spiro atoms. The molecule has 2 amide bonds. The van der Waals surface area contributed by atoms with Crippen LogP contribution in [0.4, 0.5) is 16.2 Å². The van der Waals surface area contributed by atoms with Gasteiger partial charge in [0.05, 0.1) is 0 Å². The maximum atomic E-state index is 12.9. The first-order valence-corrected chi connectivity index (χ1v) is 12.4. The van der Waals surface area contributed by atoms with Crippen molar-refractivity contribution in [2.45, 2.75) is 45.6 Å². The van der Waals surface area contributed by atoms with Crippen molar-refractivity contribution < 1.29 is 4.79 Å². The van der Waals surface area contributed by atoms with E-state index in [0.29, 0.717) is 5.92 Å². The first-order chi connectivity index (χ1) is 15.7. The van der Waals surface area contributed by atoms with Crippen LogP contribution in [0, 0.1) is 11.8 Å². The van der Waals surface area contributed by atoms with Crippen LogP contribution < -0.4 is 15.5 Å². The van der Waals surface area contributed by atoms with Crippen LogP contribution >= 0.6 is 0 Å². The zero-order valence-electron chi connectivity index (χ0n) is 19.4. The molecule has 0 radical (unpaired) electrons. The minimum atomic E-state index is 0.000681. The maximum Gasteiger partial charge on any atom is 0.321 e. The zero-order chi connectivity index (χ0) is 22.2. The summed E-state index contributed by atoms with van der Waals surface area (Å²) >= 11 is 0. The normalized spacial score (nSPS) is 18.4. The minimum absolute atomic E-state index is 0.000681. The van der Waals surface area contributed by atoms with Gasteiger partial charge in [-0.2, -0.15) is 0 Å². The molecule has 2 aliphatic rings. The summed E-state index contributed by atoms with van der Waals surface area (Å²) in [4.78, 5) is 17.2. The van der Waals surface area contributed by atoms with E-state index in [0.717, 1.165) is 56.4 Å². The molecule has 1 saturated heterocycles. The molecule has 2 aromatic carbocycles. The van der Waals surface area contributed by atoms with Crippen LogP contribution in [0.15, 0.2) is 54.6 Å². The molecular formula is C27H38N4O. The molecule has 1 aliphatic heterocycles. The van der Waals surface area contributed by atoms with Gasteiger partial charge < -0.3 is 20.4 Å². The Morgan fingerprint density at radius 3 is 2.38 bits per heavy atom. The highest BCUT2D eigenvalue weighted by Crippen LogP contribution is 2.29. The van der Waals surface area contributed by atoms with Gasteiger partial charge >= 0.3 is 6.03 Å². The summed E-state index contributed by atoms with van der Waals surface area (Å²) in [6.07, 6.45) is 6.96. The molecule has 1 aliphatic carbocycles. The Hall–Kier alpha value is -2.53. The van der Waals surface area contributed by atoms with Crippen molar-refractivity contribution in [3.63, 3.8) is 0 Å². The van der Waals surface area contributed by atoms with Crippen LogP contribution in [0.2, 0.25) is 0 Å². The second-order valence-corrected chi connectivity index (χ2v) is 9.40. The number of urea groups is 1. The van der Waals surface area contributed by atoms with Crippen molar-refractivity contribution in [1.82, 2.24) is 10.2 Å². The second kappa shape index (κ2) is 11.4. The van der Waals surface area contributed by atoms with Gasteiger partial charge in [0.15, 0.2) is 0 Å². The monoisotopic (exact) mass is 434 g/mol. The van der Waals surface area contributed by atoms with Gasteiger partial charge in [-0.25, -0.2) is 4.79 Å². The summed E-state index contributed by atoms with van der Waals surface area (Å²) in [7, 11) is 0. The van der Waals surface area contributed by atoms with Crippen LogP contribution in [0.1, 0.15) is 44.6 Å². The summed E-state index contributed by atoms with van der Waals surface area (Å²) in [6, 6.07) is 18.6. The highest BCUT2D eigenvalue weighted by atomic mass is 16.2. The molecule has 172 valence electrons. The van der Waals surface area contributed by atoms with E-state index in [1.807, 2.05) is 23.1 Å². The Kier molecular flexibility index (Phi) is 8.05. The van der Waals surface area contributed by atoms with Gasteiger partial charge in [-0.1, -0.05) is 75.4 Å². The van der Waals surface area contributed by atoms with E-state index in [4.69, 9.17) is 0 Å². The topological polar surface area (TPSA) is 47.6 Å². The number of hydrogen-bond acceptors (Lipinski definition) is 3. The molecule has 0 bridgehead atoms. The third kappa shape index (κ3) is 6.04. The summed E-state index contributed by atoms with van der Waals surface area (Å²) in [5, 5.41) is 6.81. The number of amides is 2. The van der Waals surface area contributed by atoms with E-state index >= 15 is 0 Å². The predicted molar refractivity (Wildman–Crippen MR) is 133 cm³/mol. The average Bonchev–Trinajstić information content (AvgIpc) is 2.86. The van der Waals surface area contributed by atoms with Gasteiger partial charge in [0.2, 0.25) is 0 Å². The largest absolute Gasteiger partial charge is 0.368 e. The Labute approximate surface area is 193 Å². The van der Waals surface area contributed by atoms with Crippen molar-refractivity contribution in [3.05, 3.63) is 60.2 Å². The highest BCUT2D eigenvalue weighted by Gasteiger charge is 2.22. The number of para-hydroxylation sites is 2. The fourth-order valence-corrected chi connectivity index (χ4v) is 5.10. The first kappa shape index (κ1) is 22.7. The molecule has 5 nitrogen and oxygen atoms in total. The molecule has 1 atom stereocenters. The zero-order valence-corrected chi connectivity index (χ0v) is 19.4. The number of nitrogens with zero attached hydrogens (tertiary/aromatic N) is 2. The lowest BCUT2D eigenvalue weighted by Gasteiger charge is -2.36. The number of anilines is 2. The summed E-state index contributed by atoms with van der Waals surface area (Å²) in [5.41, 5.74) is 3.30. The number of benzene rings is 2. The van der Waals surface area contributed by atoms with E-state index in [2.05, 4.69) is 58.9 Å². The summed E-state index contributed by atoms with van der Waals surface area (Å²) < 4.78 is 0. The van der Waals surface area contributed by atoms with Gasteiger partial charge in [0.25, 0.3) is 0 Å². The number of carbonyl (C=O) groups is 1. The van der Waals surface area contributed by atoms with Gasteiger partial charge in [-0.15, -0.1) is 0 Å². The van der Waals surface area contributed by atoms with Crippen LogP contribution in [-0.2, 0) is 6.54 Å². The lowest BCUT2D eigenvalue weighted by atomic mass is 9.81. The van der Waals surface area contributed by atoms with E-state index in [9.17, 15) is 4.79 Å². The summed E-state index contributed by atoms with van der Waals surface area (Å²) in [5.74, 6) is 1.57. The fraction of sp³-hybridized carbons (Fsp3) is 0.519. The first-order valence-electron chi connectivity index (χ1n) is 12.4. The maximum absolute atomic E-state index is 12.9. The molecule has 1 unspecified atom stereocenters. The van der Waals surface area contributed by atoms with Crippen LogP contribution in [-0.4, -0.2) is 43.7 Å². The third-order valence-corrected chi connectivity index (χ3v) is 7.18. The van der Waals surface area contributed by atoms with Crippen molar-refractivity contribution >= 4 is 17.4 Å². The standard InChI is InChI=1S/C27H38N4O/c1-22(23-10-4-2-5-11-23)20-28-21-24-12-8-9-15-26(24)29-27(32)31-18-16-30(17-19-31)25-13-6-3-7-14-25/h3,6-9,12-15,22-23,28H,2,4-5,10-11,16-21H2,1H3,(H,29,32). The minimum Gasteiger partial charge on any atom is -0.368 e. The Balaban J connectivity index is 1.26. The van der Waals surface area contributed by atoms with Crippen molar-refractivity contribution in [3.8, 4) is 0 Å². The molecule has 0 aromatic heterocycles. The molecule has 4 rings (SSSR count). The number of nitrogens with one attached hydrogen (secondary N) is 2. The number of hydrogen-bond donors (Lipinski definition) is 2. The molecule has 5 heteroatoms. The van der Waals surface area contributed by atoms with E-state index in [1.165, 1.54) is 37.8 Å². The molecule has 1 heterocycles. The SMILES string of the molecule is CC(CNCc1ccccc1NC(=O)N1CCN(c2ccccc2)CC1)C1CCCCC1. The van der Waals surface area contributed by atoms with Gasteiger partial charge in [-0.3, -0.25) is 0 Å². The number of piperazine rings is 1. The quantitative estimate of drug-likeness (QED) is 0.618.